The highest BCUT2D eigenvalue weighted by Crippen LogP contribution is 2.32. The molecule has 1 atom stereocenters. The molecule has 0 bridgehead atoms. The van der Waals surface area contributed by atoms with Gasteiger partial charge < -0.3 is 9.80 Å². The van der Waals surface area contributed by atoms with E-state index in [1.54, 1.807) is 0 Å². The van der Waals surface area contributed by atoms with Crippen molar-refractivity contribution < 1.29 is 4.79 Å². The van der Waals surface area contributed by atoms with Crippen molar-refractivity contribution in [1.29, 1.82) is 0 Å². The molecule has 2 aliphatic heterocycles. The lowest BCUT2D eigenvalue weighted by Crippen LogP contribution is -2.40. The van der Waals surface area contributed by atoms with E-state index >= 15 is 0 Å². The van der Waals surface area contributed by atoms with Gasteiger partial charge in [0.25, 0.3) is 0 Å². The second-order valence-corrected chi connectivity index (χ2v) is 8.17. The lowest BCUT2D eigenvalue weighted by atomic mass is 9.90. The van der Waals surface area contributed by atoms with Crippen LogP contribution in [0, 0.1) is 5.92 Å². The second kappa shape index (κ2) is 8.26. The third kappa shape index (κ3) is 4.24. The van der Waals surface area contributed by atoms with Gasteiger partial charge in [0, 0.05) is 24.7 Å². The monoisotopic (exact) mass is 362 g/mol. The molecule has 4 rings (SSSR count). The number of benzene rings is 2. The summed E-state index contributed by atoms with van der Waals surface area (Å²) < 4.78 is 0. The Labute approximate surface area is 163 Å². The van der Waals surface area contributed by atoms with Gasteiger partial charge in [-0.1, -0.05) is 48.5 Å². The summed E-state index contributed by atoms with van der Waals surface area (Å²) in [6.07, 6.45) is 5.28. The number of hydrogen-bond donors (Lipinski definition) is 0. The molecule has 0 aromatic heterocycles. The molecule has 1 saturated heterocycles. The van der Waals surface area contributed by atoms with Gasteiger partial charge in [0.15, 0.2) is 0 Å². The lowest BCUT2D eigenvalue weighted by molar-refractivity contribution is -0.119. The fraction of sp³-hybridized carbons (Fsp3) is 0.458. The van der Waals surface area contributed by atoms with Gasteiger partial charge in [-0.2, -0.15) is 0 Å². The number of hydrogen-bond acceptors (Lipinski definition) is 2. The lowest BCUT2D eigenvalue weighted by Gasteiger charge is -2.32. The minimum atomic E-state index is 0.277. The average Bonchev–Trinajstić information content (AvgIpc) is 3.04. The molecule has 2 heterocycles. The van der Waals surface area contributed by atoms with Crippen LogP contribution in [0.3, 0.4) is 0 Å². The number of para-hydroxylation sites is 1. The average molecular weight is 363 g/mol. The van der Waals surface area contributed by atoms with Crippen molar-refractivity contribution in [2.45, 2.75) is 45.1 Å². The third-order valence-corrected chi connectivity index (χ3v) is 6.19. The topological polar surface area (TPSA) is 23.6 Å². The Morgan fingerprint density at radius 2 is 1.70 bits per heavy atom. The van der Waals surface area contributed by atoms with Crippen LogP contribution in [0.4, 0.5) is 5.69 Å². The SMILES string of the molecule is CC1Cc2ccccc2N1C(=O)CCN1CCC(Cc2ccccc2)CC1. The highest BCUT2D eigenvalue weighted by Gasteiger charge is 2.30. The van der Waals surface area contributed by atoms with Gasteiger partial charge in [-0.05, 0) is 68.8 Å². The molecule has 0 N–H and O–H groups in total. The van der Waals surface area contributed by atoms with Gasteiger partial charge >= 0.3 is 0 Å². The number of piperidine rings is 1. The fourth-order valence-corrected chi connectivity index (χ4v) is 4.68. The van der Waals surface area contributed by atoms with E-state index in [0.717, 1.165) is 37.7 Å². The zero-order valence-corrected chi connectivity index (χ0v) is 16.3. The van der Waals surface area contributed by atoms with E-state index in [1.807, 2.05) is 11.0 Å². The van der Waals surface area contributed by atoms with E-state index in [2.05, 4.69) is 60.4 Å². The number of nitrogens with zero attached hydrogens (tertiary/aromatic N) is 2. The second-order valence-electron chi connectivity index (χ2n) is 8.17. The molecule has 3 nitrogen and oxygen atoms in total. The van der Waals surface area contributed by atoms with Crippen LogP contribution in [0.5, 0.6) is 0 Å². The predicted octanol–water partition coefficient (Wildman–Crippen LogP) is 4.31. The molecule has 2 aliphatic rings. The Hall–Kier alpha value is -2.13. The normalized spacial score (nSPS) is 20.6. The van der Waals surface area contributed by atoms with Gasteiger partial charge in [-0.3, -0.25) is 4.79 Å². The van der Waals surface area contributed by atoms with E-state index in [9.17, 15) is 4.79 Å². The van der Waals surface area contributed by atoms with Crippen LogP contribution >= 0.6 is 0 Å². The molecular weight excluding hydrogens is 332 g/mol. The van der Waals surface area contributed by atoms with Crippen molar-refractivity contribution in [3.05, 3.63) is 65.7 Å². The highest BCUT2D eigenvalue weighted by atomic mass is 16.2. The molecule has 1 amide bonds. The first-order chi connectivity index (χ1) is 13.2. The van der Waals surface area contributed by atoms with Gasteiger partial charge in [0.2, 0.25) is 5.91 Å². The van der Waals surface area contributed by atoms with Crippen LogP contribution in [-0.2, 0) is 17.6 Å². The molecule has 2 aromatic carbocycles. The maximum Gasteiger partial charge on any atom is 0.228 e. The largest absolute Gasteiger partial charge is 0.309 e. The summed E-state index contributed by atoms with van der Waals surface area (Å²) in [5.74, 6) is 1.06. The maximum absolute atomic E-state index is 12.9. The van der Waals surface area contributed by atoms with Gasteiger partial charge in [-0.25, -0.2) is 0 Å². The van der Waals surface area contributed by atoms with Crippen LogP contribution in [0.25, 0.3) is 0 Å². The summed E-state index contributed by atoms with van der Waals surface area (Å²) in [5.41, 5.74) is 3.88. The van der Waals surface area contributed by atoms with E-state index in [4.69, 9.17) is 0 Å². The van der Waals surface area contributed by atoms with Crippen LogP contribution in [0.15, 0.2) is 54.6 Å². The number of rotatable bonds is 5. The minimum absolute atomic E-state index is 0.277. The molecule has 0 aliphatic carbocycles. The standard InChI is InChI=1S/C24H30N2O/c1-19-17-22-9-5-6-10-23(22)26(19)24(27)13-16-25-14-11-21(12-15-25)18-20-7-3-2-4-8-20/h2-10,19,21H,11-18H2,1H3. The summed E-state index contributed by atoms with van der Waals surface area (Å²) in [6, 6.07) is 19.5. The molecule has 2 aromatic rings. The number of anilines is 1. The first-order valence-electron chi connectivity index (χ1n) is 10.4. The molecule has 3 heteroatoms. The molecule has 0 saturated carbocycles. The van der Waals surface area contributed by atoms with E-state index in [1.165, 1.54) is 30.4 Å². The Kier molecular flexibility index (Phi) is 5.58. The van der Waals surface area contributed by atoms with Crippen LogP contribution in [-0.4, -0.2) is 36.5 Å². The Morgan fingerprint density at radius 1 is 1.00 bits per heavy atom. The van der Waals surface area contributed by atoms with Crippen molar-refractivity contribution >= 4 is 11.6 Å². The van der Waals surface area contributed by atoms with Gasteiger partial charge in [-0.15, -0.1) is 0 Å². The van der Waals surface area contributed by atoms with Crippen molar-refractivity contribution in [2.24, 2.45) is 5.92 Å². The van der Waals surface area contributed by atoms with Crippen LogP contribution in [0.2, 0.25) is 0 Å². The number of amides is 1. The first kappa shape index (κ1) is 18.2. The Morgan fingerprint density at radius 3 is 2.48 bits per heavy atom. The van der Waals surface area contributed by atoms with Gasteiger partial charge in [0.05, 0.1) is 0 Å². The molecule has 0 radical (unpaired) electrons. The molecule has 142 valence electrons. The summed E-state index contributed by atoms with van der Waals surface area (Å²) in [7, 11) is 0. The zero-order valence-electron chi connectivity index (χ0n) is 16.3. The summed E-state index contributed by atoms with van der Waals surface area (Å²) in [6.45, 7) is 5.29. The number of carbonyl (C=O) groups excluding carboxylic acids is 1. The number of fused-ring (bicyclic) bond motifs is 1. The van der Waals surface area contributed by atoms with Crippen molar-refractivity contribution in [2.75, 3.05) is 24.5 Å². The predicted molar refractivity (Wildman–Crippen MR) is 111 cm³/mol. The fourth-order valence-electron chi connectivity index (χ4n) is 4.68. The molecule has 27 heavy (non-hydrogen) atoms. The Balaban J connectivity index is 1.25. The summed E-state index contributed by atoms with van der Waals surface area (Å²) in [4.78, 5) is 17.4. The van der Waals surface area contributed by atoms with E-state index in [0.29, 0.717) is 6.42 Å². The van der Waals surface area contributed by atoms with E-state index in [-0.39, 0.29) is 11.9 Å². The van der Waals surface area contributed by atoms with Gasteiger partial charge in [0.1, 0.15) is 0 Å². The van der Waals surface area contributed by atoms with Crippen molar-refractivity contribution in [3.63, 3.8) is 0 Å². The summed E-state index contributed by atoms with van der Waals surface area (Å²) >= 11 is 0. The number of likely N-dealkylation sites (tertiary alicyclic amines) is 1. The van der Waals surface area contributed by atoms with Crippen molar-refractivity contribution in [1.82, 2.24) is 4.90 Å². The quantitative estimate of drug-likeness (QED) is 0.791. The molecule has 1 fully saturated rings. The van der Waals surface area contributed by atoms with Crippen molar-refractivity contribution in [3.8, 4) is 0 Å². The Bertz CT molecular complexity index is 765. The maximum atomic E-state index is 12.9. The molecule has 0 spiro atoms. The van der Waals surface area contributed by atoms with E-state index < -0.39 is 0 Å². The molecular formula is C24H30N2O. The minimum Gasteiger partial charge on any atom is -0.309 e. The number of carbonyl (C=O) groups is 1. The molecule has 1 unspecified atom stereocenters. The first-order valence-corrected chi connectivity index (χ1v) is 10.4. The zero-order chi connectivity index (χ0) is 18.6. The smallest absolute Gasteiger partial charge is 0.228 e. The summed E-state index contributed by atoms with van der Waals surface area (Å²) in [5, 5.41) is 0. The highest BCUT2D eigenvalue weighted by molar-refractivity contribution is 5.96. The third-order valence-electron chi connectivity index (χ3n) is 6.19. The van der Waals surface area contributed by atoms with Crippen LogP contribution in [0.1, 0.15) is 37.3 Å². The van der Waals surface area contributed by atoms with Crippen LogP contribution < -0.4 is 4.90 Å².